The SMILES string of the molecule is COc1ccccc1N1CCN(CC(=O)Nc2ccc(Br)cc2C)C1=O. The third-order valence-electron chi connectivity index (χ3n) is 4.27. The Bertz CT molecular complexity index is 841. The van der Waals surface area contributed by atoms with E-state index in [0.29, 0.717) is 24.5 Å². The van der Waals surface area contributed by atoms with E-state index < -0.39 is 0 Å². The summed E-state index contributed by atoms with van der Waals surface area (Å²) in [5.41, 5.74) is 2.41. The third kappa shape index (κ3) is 3.83. The van der Waals surface area contributed by atoms with Crippen LogP contribution in [0.5, 0.6) is 5.75 Å². The number of nitrogens with zero attached hydrogens (tertiary/aromatic N) is 2. The first-order chi connectivity index (χ1) is 12.5. The number of hydrogen-bond acceptors (Lipinski definition) is 3. The quantitative estimate of drug-likeness (QED) is 0.807. The molecule has 3 rings (SSSR count). The zero-order chi connectivity index (χ0) is 18.7. The lowest BCUT2D eigenvalue weighted by atomic mass is 10.2. The van der Waals surface area contributed by atoms with E-state index in [2.05, 4.69) is 21.2 Å². The lowest BCUT2D eigenvalue weighted by Gasteiger charge is -2.20. The largest absolute Gasteiger partial charge is 0.495 e. The third-order valence-corrected chi connectivity index (χ3v) is 4.76. The normalized spacial score (nSPS) is 13.9. The molecule has 1 N–H and O–H groups in total. The smallest absolute Gasteiger partial charge is 0.325 e. The Morgan fingerprint density at radius 1 is 1.23 bits per heavy atom. The van der Waals surface area contributed by atoms with Crippen LogP contribution in [0.25, 0.3) is 0 Å². The molecule has 0 radical (unpaired) electrons. The fourth-order valence-electron chi connectivity index (χ4n) is 2.94. The number of carbonyl (C=O) groups excluding carboxylic acids is 2. The molecule has 0 spiro atoms. The Hall–Kier alpha value is -2.54. The van der Waals surface area contributed by atoms with Crippen LogP contribution < -0.4 is 15.0 Å². The number of hydrogen-bond donors (Lipinski definition) is 1. The van der Waals surface area contributed by atoms with Crippen molar-refractivity contribution < 1.29 is 14.3 Å². The number of anilines is 2. The van der Waals surface area contributed by atoms with Gasteiger partial charge in [0.1, 0.15) is 12.3 Å². The average Bonchev–Trinajstić information content (AvgIpc) is 2.98. The minimum atomic E-state index is -0.217. The summed E-state index contributed by atoms with van der Waals surface area (Å²) in [4.78, 5) is 28.2. The van der Waals surface area contributed by atoms with Crippen LogP contribution in [0, 0.1) is 6.92 Å². The number of amides is 3. The summed E-state index contributed by atoms with van der Waals surface area (Å²) >= 11 is 3.40. The number of aryl methyl sites for hydroxylation is 1. The minimum absolute atomic E-state index is 0.0139. The molecule has 1 heterocycles. The van der Waals surface area contributed by atoms with Crippen molar-refractivity contribution in [2.24, 2.45) is 0 Å². The van der Waals surface area contributed by atoms with Gasteiger partial charge in [-0.3, -0.25) is 9.69 Å². The Labute approximate surface area is 160 Å². The van der Waals surface area contributed by atoms with Crippen molar-refractivity contribution in [3.05, 3.63) is 52.5 Å². The molecule has 0 atom stereocenters. The molecule has 1 fully saturated rings. The van der Waals surface area contributed by atoms with Gasteiger partial charge in [-0.1, -0.05) is 28.1 Å². The first-order valence-electron chi connectivity index (χ1n) is 8.25. The average molecular weight is 418 g/mol. The molecule has 6 nitrogen and oxygen atoms in total. The summed E-state index contributed by atoms with van der Waals surface area (Å²) in [7, 11) is 1.57. The van der Waals surface area contributed by atoms with Gasteiger partial charge < -0.3 is 15.0 Å². The molecule has 0 unspecified atom stereocenters. The molecule has 2 aromatic carbocycles. The fourth-order valence-corrected chi connectivity index (χ4v) is 3.41. The minimum Gasteiger partial charge on any atom is -0.495 e. The van der Waals surface area contributed by atoms with Gasteiger partial charge in [0.2, 0.25) is 5.91 Å². The van der Waals surface area contributed by atoms with Crippen molar-refractivity contribution in [1.82, 2.24) is 4.90 Å². The van der Waals surface area contributed by atoms with Crippen LogP contribution in [0.1, 0.15) is 5.56 Å². The van der Waals surface area contributed by atoms with Crippen LogP contribution in [0.2, 0.25) is 0 Å². The highest BCUT2D eigenvalue weighted by molar-refractivity contribution is 9.10. The van der Waals surface area contributed by atoms with Crippen molar-refractivity contribution in [2.45, 2.75) is 6.92 Å². The molecule has 1 aliphatic rings. The van der Waals surface area contributed by atoms with Crippen LogP contribution in [-0.2, 0) is 4.79 Å². The number of rotatable bonds is 5. The molecule has 1 aliphatic heterocycles. The maximum absolute atomic E-state index is 12.7. The van der Waals surface area contributed by atoms with Crippen molar-refractivity contribution in [2.75, 3.05) is 37.0 Å². The molecule has 7 heteroatoms. The van der Waals surface area contributed by atoms with E-state index in [1.165, 1.54) is 4.90 Å². The lowest BCUT2D eigenvalue weighted by Crippen LogP contribution is -2.37. The highest BCUT2D eigenvalue weighted by Gasteiger charge is 2.32. The van der Waals surface area contributed by atoms with Crippen LogP contribution >= 0.6 is 15.9 Å². The summed E-state index contributed by atoms with van der Waals surface area (Å²) in [5.74, 6) is 0.420. The molecule has 0 aromatic heterocycles. The lowest BCUT2D eigenvalue weighted by molar-refractivity contribution is -0.116. The Kier molecular flexibility index (Phi) is 5.46. The summed E-state index contributed by atoms with van der Waals surface area (Å²) in [5, 5.41) is 2.87. The van der Waals surface area contributed by atoms with Crippen LogP contribution in [0.15, 0.2) is 46.9 Å². The maximum atomic E-state index is 12.7. The van der Waals surface area contributed by atoms with E-state index in [9.17, 15) is 9.59 Å². The zero-order valence-corrected chi connectivity index (χ0v) is 16.2. The van der Waals surface area contributed by atoms with E-state index in [4.69, 9.17) is 4.74 Å². The number of methoxy groups -OCH3 is 1. The van der Waals surface area contributed by atoms with E-state index in [1.807, 2.05) is 49.4 Å². The van der Waals surface area contributed by atoms with E-state index in [1.54, 1.807) is 12.0 Å². The second-order valence-corrected chi connectivity index (χ2v) is 6.95. The van der Waals surface area contributed by atoms with Crippen LogP contribution in [0.4, 0.5) is 16.2 Å². The molecule has 136 valence electrons. The molecule has 0 saturated carbocycles. The van der Waals surface area contributed by atoms with Crippen molar-refractivity contribution >= 4 is 39.2 Å². The second kappa shape index (κ2) is 7.78. The predicted octanol–water partition coefficient (Wildman–Crippen LogP) is 3.65. The Morgan fingerprint density at radius 2 is 2.00 bits per heavy atom. The predicted molar refractivity (Wildman–Crippen MR) is 105 cm³/mol. The standard InChI is InChI=1S/C19H20BrN3O3/c1-13-11-14(20)7-8-15(13)21-18(24)12-22-9-10-23(19(22)25)16-5-3-4-6-17(16)26-2/h3-8,11H,9-10,12H2,1-2H3,(H,21,24). The number of ether oxygens (including phenoxy) is 1. The van der Waals surface area contributed by atoms with Gasteiger partial charge in [0.15, 0.2) is 0 Å². The highest BCUT2D eigenvalue weighted by Crippen LogP contribution is 2.30. The van der Waals surface area contributed by atoms with Gasteiger partial charge in [0, 0.05) is 23.2 Å². The van der Waals surface area contributed by atoms with Crippen LogP contribution in [-0.4, -0.2) is 43.6 Å². The Morgan fingerprint density at radius 3 is 2.73 bits per heavy atom. The Balaban J connectivity index is 1.66. The molecular formula is C19H20BrN3O3. The summed E-state index contributed by atoms with van der Waals surface area (Å²) in [6.45, 7) is 2.94. The van der Waals surface area contributed by atoms with Gasteiger partial charge in [-0.25, -0.2) is 4.79 Å². The van der Waals surface area contributed by atoms with E-state index in [-0.39, 0.29) is 18.5 Å². The van der Waals surface area contributed by atoms with Gasteiger partial charge in [-0.15, -0.1) is 0 Å². The van der Waals surface area contributed by atoms with Crippen molar-refractivity contribution in [3.8, 4) is 5.75 Å². The second-order valence-electron chi connectivity index (χ2n) is 6.04. The van der Waals surface area contributed by atoms with E-state index >= 15 is 0 Å². The van der Waals surface area contributed by atoms with E-state index in [0.717, 1.165) is 15.7 Å². The first kappa shape index (κ1) is 18.3. The molecule has 3 amide bonds. The van der Waals surface area contributed by atoms with Gasteiger partial charge >= 0.3 is 6.03 Å². The molecule has 2 aromatic rings. The first-order valence-corrected chi connectivity index (χ1v) is 9.04. The molecule has 26 heavy (non-hydrogen) atoms. The molecule has 1 saturated heterocycles. The molecule has 0 bridgehead atoms. The number of halogens is 1. The highest BCUT2D eigenvalue weighted by atomic mass is 79.9. The van der Waals surface area contributed by atoms with Gasteiger partial charge in [-0.05, 0) is 42.8 Å². The van der Waals surface area contributed by atoms with Gasteiger partial charge in [0.25, 0.3) is 0 Å². The maximum Gasteiger partial charge on any atom is 0.325 e. The van der Waals surface area contributed by atoms with Gasteiger partial charge in [-0.2, -0.15) is 0 Å². The molecular weight excluding hydrogens is 398 g/mol. The number of nitrogens with one attached hydrogen (secondary N) is 1. The fraction of sp³-hybridized carbons (Fsp3) is 0.263. The number of benzene rings is 2. The van der Waals surface area contributed by atoms with Crippen molar-refractivity contribution in [1.29, 1.82) is 0 Å². The number of para-hydroxylation sites is 2. The molecule has 0 aliphatic carbocycles. The summed E-state index contributed by atoms with van der Waals surface area (Å²) < 4.78 is 6.28. The summed E-state index contributed by atoms with van der Waals surface area (Å²) in [6.07, 6.45) is 0. The zero-order valence-electron chi connectivity index (χ0n) is 14.7. The number of urea groups is 1. The topological polar surface area (TPSA) is 61.9 Å². The van der Waals surface area contributed by atoms with Crippen molar-refractivity contribution in [3.63, 3.8) is 0 Å². The monoisotopic (exact) mass is 417 g/mol. The number of carbonyl (C=O) groups is 2. The van der Waals surface area contributed by atoms with Gasteiger partial charge in [0.05, 0.1) is 12.8 Å². The van der Waals surface area contributed by atoms with Crippen LogP contribution in [0.3, 0.4) is 0 Å². The summed E-state index contributed by atoms with van der Waals surface area (Å²) in [6, 6.07) is 12.8.